The van der Waals surface area contributed by atoms with Gasteiger partial charge in [0.1, 0.15) is 11.5 Å². The van der Waals surface area contributed by atoms with E-state index < -0.39 is 0 Å². The first-order valence-electron chi connectivity index (χ1n) is 4.33. The molecule has 14 heavy (non-hydrogen) atoms. The fourth-order valence-electron chi connectivity index (χ4n) is 1.19. The zero-order valence-electron chi connectivity index (χ0n) is 8.45. The number of hydrogen-bond acceptors (Lipinski definition) is 4. The minimum atomic E-state index is 0.482. The number of methoxy groups -OCH3 is 2. The Labute approximate surface area is 83.5 Å². The summed E-state index contributed by atoms with van der Waals surface area (Å²) in [5.41, 5.74) is 1.08. The van der Waals surface area contributed by atoms with Gasteiger partial charge in [-0.25, -0.2) is 5.90 Å². The number of hydrogen-bond donors (Lipinski definition) is 1. The lowest BCUT2D eigenvalue weighted by atomic mass is 10.1. The van der Waals surface area contributed by atoms with E-state index in [2.05, 4.69) is 4.84 Å². The molecule has 0 saturated heterocycles. The van der Waals surface area contributed by atoms with Gasteiger partial charge in [-0.1, -0.05) is 0 Å². The maximum Gasteiger partial charge on any atom is 0.122 e. The van der Waals surface area contributed by atoms with Crippen LogP contribution < -0.4 is 15.4 Å². The van der Waals surface area contributed by atoms with Crippen molar-refractivity contribution in [2.45, 2.75) is 6.42 Å². The fourth-order valence-corrected chi connectivity index (χ4v) is 1.19. The van der Waals surface area contributed by atoms with Crippen molar-refractivity contribution in [1.29, 1.82) is 0 Å². The van der Waals surface area contributed by atoms with Crippen molar-refractivity contribution >= 4 is 0 Å². The minimum absolute atomic E-state index is 0.482. The van der Waals surface area contributed by atoms with E-state index in [1.165, 1.54) is 0 Å². The van der Waals surface area contributed by atoms with Crippen LogP contribution >= 0.6 is 0 Å². The van der Waals surface area contributed by atoms with Gasteiger partial charge in [-0.3, -0.25) is 0 Å². The lowest BCUT2D eigenvalue weighted by Crippen LogP contribution is -2.04. The maximum absolute atomic E-state index is 5.13. The summed E-state index contributed by atoms with van der Waals surface area (Å²) in [7, 11) is 3.25. The van der Waals surface area contributed by atoms with Crippen molar-refractivity contribution in [1.82, 2.24) is 0 Å². The number of benzene rings is 1. The van der Waals surface area contributed by atoms with Gasteiger partial charge >= 0.3 is 0 Å². The Balaban J connectivity index is 2.81. The molecule has 0 aliphatic carbocycles. The molecule has 1 aromatic rings. The van der Waals surface area contributed by atoms with Crippen molar-refractivity contribution in [3.8, 4) is 11.5 Å². The number of rotatable bonds is 5. The Kier molecular flexibility index (Phi) is 4.22. The molecule has 2 N–H and O–H groups in total. The van der Waals surface area contributed by atoms with Crippen LogP contribution in [0.25, 0.3) is 0 Å². The van der Waals surface area contributed by atoms with Crippen molar-refractivity contribution in [3.63, 3.8) is 0 Å². The van der Waals surface area contributed by atoms with Gasteiger partial charge < -0.3 is 14.3 Å². The highest BCUT2D eigenvalue weighted by Crippen LogP contribution is 2.22. The molecule has 78 valence electrons. The van der Waals surface area contributed by atoms with E-state index >= 15 is 0 Å². The molecule has 0 atom stereocenters. The molecule has 4 heteroatoms. The number of ether oxygens (including phenoxy) is 2. The topological polar surface area (TPSA) is 53.7 Å². The Morgan fingerprint density at radius 1 is 1.07 bits per heavy atom. The Hall–Kier alpha value is -1.26. The second kappa shape index (κ2) is 5.47. The van der Waals surface area contributed by atoms with Gasteiger partial charge in [0.25, 0.3) is 0 Å². The Morgan fingerprint density at radius 2 is 1.64 bits per heavy atom. The van der Waals surface area contributed by atoms with Crippen LogP contribution in [-0.4, -0.2) is 20.8 Å². The zero-order chi connectivity index (χ0) is 10.4. The van der Waals surface area contributed by atoms with Crippen LogP contribution in [0.3, 0.4) is 0 Å². The average molecular weight is 197 g/mol. The third kappa shape index (κ3) is 2.90. The summed E-state index contributed by atoms with van der Waals surface area (Å²) >= 11 is 0. The van der Waals surface area contributed by atoms with E-state index in [1.54, 1.807) is 14.2 Å². The van der Waals surface area contributed by atoms with Crippen molar-refractivity contribution in [3.05, 3.63) is 23.8 Å². The monoisotopic (exact) mass is 197 g/mol. The van der Waals surface area contributed by atoms with Crippen LogP contribution in [0.2, 0.25) is 0 Å². The summed E-state index contributed by atoms with van der Waals surface area (Å²) in [5, 5.41) is 0. The molecule has 1 rings (SSSR count). The summed E-state index contributed by atoms with van der Waals surface area (Å²) in [4.78, 5) is 4.51. The smallest absolute Gasteiger partial charge is 0.122 e. The van der Waals surface area contributed by atoms with Gasteiger partial charge in [0.15, 0.2) is 0 Å². The van der Waals surface area contributed by atoms with Crippen molar-refractivity contribution in [2.75, 3.05) is 20.8 Å². The normalized spacial score (nSPS) is 9.93. The van der Waals surface area contributed by atoms with Crippen LogP contribution in [0.15, 0.2) is 18.2 Å². The SMILES string of the molecule is COc1cc(CCON)cc(OC)c1. The maximum atomic E-state index is 5.13. The molecule has 0 bridgehead atoms. The minimum Gasteiger partial charge on any atom is -0.497 e. The van der Waals surface area contributed by atoms with Crippen molar-refractivity contribution < 1.29 is 14.3 Å². The first kappa shape index (κ1) is 10.8. The third-order valence-corrected chi connectivity index (χ3v) is 1.92. The second-order valence-corrected chi connectivity index (χ2v) is 2.84. The molecule has 0 radical (unpaired) electrons. The van der Waals surface area contributed by atoms with Gasteiger partial charge in [0, 0.05) is 6.07 Å². The highest BCUT2D eigenvalue weighted by Gasteiger charge is 2.01. The standard InChI is InChI=1S/C10H15NO3/c1-12-9-5-8(3-4-14-11)6-10(7-9)13-2/h5-7H,3-4,11H2,1-2H3. The lowest BCUT2D eigenvalue weighted by Gasteiger charge is -2.07. The zero-order valence-corrected chi connectivity index (χ0v) is 8.45. The third-order valence-electron chi connectivity index (χ3n) is 1.92. The van der Waals surface area contributed by atoms with Gasteiger partial charge in [-0.2, -0.15) is 0 Å². The molecule has 0 fully saturated rings. The highest BCUT2D eigenvalue weighted by atomic mass is 16.6. The molecule has 0 amide bonds. The number of nitrogens with two attached hydrogens (primary N) is 1. The Morgan fingerprint density at radius 3 is 2.07 bits per heavy atom. The molecule has 0 aliphatic rings. The first-order valence-corrected chi connectivity index (χ1v) is 4.33. The van der Waals surface area contributed by atoms with E-state index in [0.717, 1.165) is 23.5 Å². The molecule has 4 nitrogen and oxygen atoms in total. The summed E-state index contributed by atoms with van der Waals surface area (Å²) in [6, 6.07) is 5.69. The van der Waals surface area contributed by atoms with E-state index in [0.29, 0.717) is 6.61 Å². The quantitative estimate of drug-likeness (QED) is 0.719. The molecule has 0 aromatic heterocycles. The van der Waals surface area contributed by atoms with Gasteiger partial charge in [-0.15, -0.1) is 0 Å². The predicted octanol–water partition coefficient (Wildman–Crippen LogP) is 1.14. The van der Waals surface area contributed by atoms with Gasteiger partial charge in [-0.05, 0) is 24.1 Å². The Bertz CT molecular complexity index is 266. The van der Waals surface area contributed by atoms with Crippen LogP contribution in [0.1, 0.15) is 5.56 Å². The van der Waals surface area contributed by atoms with E-state index in [4.69, 9.17) is 15.4 Å². The average Bonchev–Trinajstić information content (AvgIpc) is 2.25. The summed E-state index contributed by atoms with van der Waals surface area (Å²) in [5.74, 6) is 6.50. The summed E-state index contributed by atoms with van der Waals surface area (Å²) < 4.78 is 10.3. The molecule has 0 aliphatic heterocycles. The van der Waals surface area contributed by atoms with Crippen LogP contribution in [-0.2, 0) is 11.3 Å². The van der Waals surface area contributed by atoms with Crippen LogP contribution in [0.5, 0.6) is 11.5 Å². The summed E-state index contributed by atoms with van der Waals surface area (Å²) in [6.45, 7) is 0.482. The van der Waals surface area contributed by atoms with Gasteiger partial charge in [0.05, 0.1) is 20.8 Å². The lowest BCUT2D eigenvalue weighted by molar-refractivity contribution is 0.141. The second-order valence-electron chi connectivity index (χ2n) is 2.84. The highest BCUT2D eigenvalue weighted by molar-refractivity contribution is 5.38. The molecule has 0 spiro atoms. The molecule has 0 heterocycles. The molecule has 0 saturated carbocycles. The van der Waals surface area contributed by atoms with E-state index in [1.807, 2.05) is 18.2 Å². The molecule has 1 aromatic carbocycles. The largest absolute Gasteiger partial charge is 0.497 e. The fraction of sp³-hybridized carbons (Fsp3) is 0.400. The van der Waals surface area contributed by atoms with E-state index in [-0.39, 0.29) is 0 Å². The van der Waals surface area contributed by atoms with Gasteiger partial charge in [0.2, 0.25) is 0 Å². The molecular formula is C10H15NO3. The molecular weight excluding hydrogens is 182 g/mol. The van der Waals surface area contributed by atoms with Crippen LogP contribution in [0, 0.1) is 0 Å². The van der Waals surface area contributed by atoms with Crippen molar-refractivity contribution in [2.24, 2.45) is 5.90 Å². The van der Waals surface area contributed by atoms with Crippen LogP contribution in [0.4, 0.5) is 0 Å². The molecule has 0 unspecified atom stereocenters. The van der Waals surface area contributed by atoms with E-state index in [9.17, 15) is 0 Å². The first-order chi connectivity index (χ1) is 6.80. The summed E-state index contributed by atoms with van der Waals surface area (Å²) in [6.07, 6.45) is 0.740. The predicted molar refractivity (Wildman–Crippen MR) is 53.4 cm³/mol.